The Morgan fingerprint density at radius 3 is 2.50 bits per heavy atom. The van der Waals surface area contributed by atoms with Crippen molar-refractivity contribution in [3.63, 3.8) is 0 Å². The van der Waals surface area contributed by atoms with Gasteiger partial charge in [-0.05, 0) is 6.92 Å². The van der Waals surface area contributed by atoms with E-state index >= 15 is 0 Å². The van der Waals surface area contributed by atoms with Gasteiger partial charge in [0.2, 0.25) is 0 Å². The molecule has 18 heavy (non-hydrogen) atoms. The van der Waals surface area contributed by atoms with E-state index in [9.17, 15) is 14.7 Å². The number of carbonyl (C=O) groups is 2. The first-order valence-electron chi connectivity index (χ1n) is 5.89. The van der Waals surface area contributed by atoms with Crippen LogP contribution in [0.3, 0.4) is 0 Å². The molecule has 0 radical (unpaired) electrons. The van der Waals surface area contributed by atoms with E-state index in [1.54, 1.807) is 0 Å². The van der Waals surface area contributed by atoms with Crippen molar-refractivity contribution >= 4 is 12.0 Å². The van der Waals surface area contributed by atoms with Gasteiger partial charge in [0.1, 0.15) is 6.04 Å². The lowest BCUT2D eigenvalue weighted by atomic mass is 9.94. The predicted molar refractivity (Wildman–Crippen MR) is 63.3 cm³/mol. The zero-order valence-corrected chi connectivity index (χ0v) is 10.7. The molecule has 7 nitrogen and oxygen atoms in total. The number of hydrogen-bond donors (Lipinski definition) is 3. The third-order valence-electron chi connectivity index (χ3n) is 3.01. The van der Waals surface area contributed by atoms with Gasteiger partial charge < -0.3 is 25.2 Å². The number of nitrogens with zero attached hydrogens (tertiary/aromatic N) is 1. The Hall–Kier alpha value is -1.34. The number of hydrogen-bond acceptors (Lipinski definition) is 4. The first-order valence-corrected chi connectivity index (χ1v) is 5.89. The normalized spacial score (nSPS) is 19.9. The molecule has 0 spiro atoms. The van der Waals surface area contributed by atoms with E-state index in [1.807, 2.05) is 0 Å². The Labute approximate surface area is 106 Å². The van der Waals surface area contributed by atoms with E-state index in [1.165, 1.54) is 18.9 Å². The quantitative estimate of drug-likeness (QED) is 0.641. The van der Waals surface area contributed by atoms with Gasteiger partial charge in [-0.1, -0.05) is 0 Å². The molecule has 0 saturated carbocycles. The summed E-state index contributed by atoms with van der Waals surface area (Å²) in [6, 6.07) is -1.46. The van der Waals surface area contributed by atoms with Gasteiger partial charge in [-0.15, -0.1) is 0 Å². The number of nitrogens with one attached hydrogen (secondary N) is 1. The van der Waals surface area contributed by atoms with Crippen LogP contribution in [0.1, 0.15) is 19.8 Å². The number of likely N-dealkylation sites (N-methyl/N-ethyl adjacent to an activating group) is 1. The highest BCUT2D eigenvalue weighted by molar-refractivity contribution is 5.82. The summed E-state index contributed by atoms with van der Waals surface area (Å²) in [5.41, 5.74) is -0.948. The lowest BCUT2D eigenvalue weighted by Gasteiger charge is -2.35. The topological polar surface area (TPSA) is 99.1 Å². The second-order valence-electron chi connectivity index (χ2n) is 4.70. The molecule has 0 aromatic heterocycles. The highest BCUT2D eigenvalue weighted by Crippen LogP contribution is 2.21. The van der Waals surface area contributed by atoms with Crippen LogP contribution in [0.2, 0.25) is 0 Å². The molecule has 0 aromatic carbocycles. The smallest absolute Gasteiger partial charge is 0.325 e. The van der Waals surface area contributed by atoms with Crippen LogP contribution < -0.4 is 5.32 Å². The number of carboxylic acids is 1. The summed E-state index contributed by atoms with van der Waals surface area (Å²) in [6.07, 6.45) is 0.943. The van der Waals surface area contributed by atoms with E-state index in [2.05, 4.69) is 5.32 Å². The Morgan fingerprint density at radius 2 is 2.00 bits per heavy atom. The fourth-order valence-electron chi connectivity index (χ4n) is 1.78. The zero-order valence-electron chi connectivity index (χ0n) is 10.7. The molecule has 3 N–H and O–H groups in total. The fourth-order valence-corrected chi connectivity index (χ4v) is 1.78. The van der Waals surface area contributed by atoms with Gasteiger partial charge in [0.15, 0.2) is 0 Å². The maximum atomic E-state index is 11.7. The van der Waals surface area contributed by atoms with Crippen molar-refractivity contribution in [2.75, 3.05) is 26.8 Å². The summed E-state index contributed by atoms with van der Waals surface area (Å²) < 4.78 is 5.15. The molecule has 1 atom stereocenters. The zero-order chi connectivity index (χ0) is 13.8. The number of rotatable bonds is 4. The monoisotopic (exact) mass is 260 g/mol. The molecule has 1 aliphatic heterocycles. The van der Waals surface area contributed by atoms with Gasteiger partial charge in [0.25, 0.3) is 0 Å². The highest BCUT2D eigenvalue weighted by atomic mass is 16.5. The van der Waals surface area contributed by atoms with Crippen molar-refractivity contribution in [3.05, 3.63) is 0 Å². The minimum atomic E-state index is -1.10. The van der Waals surface area contributed by atoms with Gasteiger partial charge in [0, 0.05) is 33.1 Å². The number of carboxylic acid groups (broad SMARTS) is 1. The number of ether oxygens (including phenoxy) is 1. The predicted octanol–water partition coefficient (Wildman–Crippen LogP) is -0.358. The molecular weight excluding hydrogens is 240 g/mol. The summed E-state index contributed by atoms with van der Waals surface area (Å²) in [5.74, 6) is -1.10. The third kappa shape index (κ3) is 4.15. The van der Waals surface area contributed by atoms with Crippen LogP contribution in [-0.2, 0) is 9.53 Å². The fraction of sp³-hybridized carbons (Fsp3) is 0.818. The summed E-state index contributed by atoms with van der Waals surface area (Å²) in [7, 11) is 1.53. The van der Waals surface area contributed by atoms with Gasteiger partial charge in [-0.3, -0.25) is 4.79 Å². The van der Waals surface area contributed by atoms with E-state index in [0.717, 1.165) is 0 Å². The maximum Gasteiger partial charge on any atom is 0.325 e. The standard InChI is InChI=1S/C11H20N2O5/c1-8(9(14)15)12-10(16)13(2)7-11(17)3-5-18-6-4-11/h8,17H,3-7H2,1-2H3,(H,12,16)(H,14,15)/t8-/m1/s1. The molecule has 0 bridgehead atoms. The first-order chi connectivity index (χ1) is 8.34. The Balaban J connectivity index is 2.46. The molecule has 0 aromatic rings. The number of urea groups is 1. The average Bonchev–Trinajstić information content (AvgIpc) is 2.28. The van der Waals surface area contributed by atoms with E-state index < -0.39 is 23.6 Å². The van der Waals surface area contributed by atoms with Crippen LogP contribution in [0, 0.1) is 0 Å². The molecular formula is C11H20N2O5. The van der Waals surface area contributed by atoms with Gasteiger partial charge >= 0.3 is 12.0 Å². The maximum absolute atomic E-state index is 11.7. The van der Waals surface area contributed by atoms with Crippen molar-refractivity contribution in [3.8, 4) is 0 Å². The molecule has 1 fully saturated rings. The molecule has 0 aliphatic carbocycles. The Kier molecular flexibility index (Phi) is 4.92. The van der Waals surface area contributed by atoms with Crippen LogP contribution in [0.4, 0.5) is 4.79 Å². The molecule has 7 heteroatoms. The van der Waals surface area contributed by atoms with E-state index in [-0.39, 0.29) is 6.54 Å². The lowest BCUT2D eigenvalue weighted by Crippen LogP contribution is -2.52. The Bertz CT molecular complexity index is 315. The van der Waals surface area contributed by atoms with Crippen molar-refractivity contribution < 1.29 is 24.5 Å². The average molecular weight is 260 g/mol. The Morgan fingerprint density at radius 1 is 1.44 bits per heavy atom. The van der Waals surface area contributed by atoms with Crippen molar-refractivity contribution in [1.29, 1.82) is 0 Å². The molecule has 1 aliphatic rings. The number of amides is 2. The first kappa shape index (κ1) is 14.7. The van der Waals surface area contributed by atoms with Crippen LogP contribution >= 0.6 is 0 Å². The van der Waals surface area contributed by atoms with Crippen molar-refractivity contribution in [2.24, 2.45) is 0 Å². The van der Waals surface area contributed by atoms with Gasteiger partial charge in [-0.25, -0.2) is 4.79 Å². The summed E-state index contributed by atoms with van der Waals surface area (Å²) in [6.45, 7) is 2.49. The molecule has 104 valence electrons. The largest absolute Gasteiger partial charge is 0.480 e. The molecule has 0 unspecified atom stereocenters. The van der Waals surface area contributed by atoms with E-state index in [4.69, 9.17) is 9.84 Å². The molecule has 1 saturated heterocycles. The number of aliphatic hydroxyl groups is 1. The van der Waals surface area contributed by atoms with Crippen LogP contribution in [0.15, 0.2) is 0 Å². The number of aliphatic carboxylic acids is 1. The summed E-state index contributed by atoms with van der Waals surface area (Å²) >= 11 is 0. The highest BCUT2D eigenvalue weighted by Gasteiger charge is 2.32. The van der Waals surface area contributed by atoms with Crippen LogP contribution in [0.25, 0.3) is 0 Å². The second kappa shape index (κ2) is 6.01. The molecule has 1 heterocycles. The van der Waals surface area contributed by atoms with Gasteiger partial charge in [-0.2, -0.15) is 0 Å². The summed E-state index contributed by atoms with van der Waals surface area (Å²) in [5, 5.41) is 21.2. The van der Waals surface area contributed by atoms with Gasteiger partial charge in [0.05, 0.1) is 12.1 Å². The molecule has 2 amide bonds. The minimum Gasteiger partial charge on any atom is -0.480 e. The van der Waals surface area contributed by atoms with Crippen LogP contribution in [-0.4, -0.2) is 65.6 Å². The lowest BCUT2D eigenvalue weighted by molar-refractivity contribution is -0.138. The van der Waals surface area contributed by atoms with E-state index in [0.29, 0.717) is 26.1 Å². The SMILES string of the molecule is C[C@@H](NC(=O)N(C)CC1(O)CCOCC1)C(=O)O. The van der Waals surface area contributed by atoms with Crippen molar-refractivity contribution in [2.45, 2.75) is 31.4 Å². The van der Waals surface area contributed by atoms with Crippen molar-refractivity contribution in [1.82, 2.24) is 10.2 Å². The second-order valence-corrected chi connectivity index (χ2v) is 4.70. The minimum absolute atomic E-state index is 0.161. The van der Waals surface area contributed by atoms with Crippen LogP contribution in [0.5, 0.6) is 0 Å². The number of carbonyl (C=O) groups excluding carboxylic acids is 1. The third-order valence-corrected chi connectivity index (χ3v) is 3.01. The summed E-state index contributed by atoms with van der Waals surface area (Å²) in [4.78, 5) is 23.6. The molecule has 1 rings (SSSR count).